The van der Waals surface area contributed by atoms with Crippen molar-refractivity contribution in [3.63, 3.8) is 0 Å². The van der Waals surface area contributed by atoms with Crippen molar-refractivity contribution in [3.05, 3.63) is 68.1 Å². The molecule has 3 rings (SSSR count). The second-order valence-corrected chi connectivity index (χ2v) is 8.09. The van der Waals surface area contributed by atoms with Gasteiger partial charge < -0.3 is 9.64 Å². The van der Waals surface area contributed by atoms with Gasteiger partial charge in [0.2, 0.25) is 0 Å². The number of ether oxygens (including phenoxy) is 1. The molecule has 6 nitrogen and oxygen atoms in total. The molecule has 0 aliphatic rings. The Kier molecular flexibility index (Phi) is 7.18. The van der Waals surface area contributed by atoms with Crippen molar-refractivity contribution in [2.24, 2.45) is 0 Å². The third-order valence-corrected chi connectivity index (χ3v) is 5.97. The average molecular weight is 426 g/mol. The monoisotopic (exact) mass is 425 g/mol. The number of hydrogen-bond donors (Lipinski definition) is 0. The van der Waals surface area contributed by atoms with Gasteiger partial charge in [-0.15, -0.1) is 0 Å². The molecule has 0 unspecified atom stereocenters. The topological polar surface area (TPSA) is 63.9 Å². The van der Waals surface area contributed by atoms with Gasteiger partial charge in [-0.1, -0.05) is 61.1 Å². The zero-order valence-corrected chi connectivity index (χ0v) is 18.7. The number of nitrogens with zero attached hydrogens (tertiary/aromatic N) is 3. The van der Waals surface area contributed by atoms with Gasteiger partial charge in [0.25, 0.3) is 5.56 Å². The lowest BCUT2D eigenvalue weighted by molar-refractivity contribution is 0.0471. The van der Waals surface area contributed by atoms with E-state index in [0.717, 1.165) is 18.7 Å². The van der Waals surface area contributed by atoms with E-state index in [9.17, 15) is 9.59 Å². The van der Waals surface area contributed by atoms with Crippen molar-refractivity contribution >= 4 is 34.4 Å². The molecule has 0 amide bonds. The maximum atomic E-state index is 12.8. The Bertz CT molecular complexity index is 1130. The van der Waals surface area contributed by atoms with E-state index in [2.05, 4.69) is 29.8 Å². The molecule has 0 N–H and O–H groups in total. The second kappa shape index (κ2) is 9.82. The predicted octanol–water partition coefficient (Wildman–Crippen LogP) is 4.04. The molecule has 7 heteroatoms. The fourth-order valence-electron chi connectivity index (χ4n) is 3.13. The zero-order chi connectivity index (χ0) is 21.7. The predicted molar refractivity (Wildman–Crippen MR) is 122 cm³/mol. The molecule has 0 aliphatic carbocycles. The number of aryl methyl sites for hydroxylation is 1. The van der Waals surface area contributed by atoms with Crippen LogP contribution in [0.25, 0.3) is 17.1 Å². The number of thiazole rings is 1. The molecule has 0 atom stereocenters. The number of benzene rings is 1. The van der Waals surface area contributed by atoms with E-state index < -0.39 is 5.97 Å². The molecule has 0 radical (unpaired) electrons. The fraction of sp³-hybridized carbons (Fsp3) is 0.348. The van der Waals surface area contributed by atoms with Gasteiger partial charge in [0.1, 0.15) is 11.5 Å². The molecular formula is C23H27N3O3S. The summed E-state index contributed by atoms with van der Waals surface area (Å²) in [5.41, 5.74) is 3.17. The molecular weight excluding hydrogens is 398 g/mol. The van der Waals surface area contributed by atoms with Crippen LogP contribution in [0.5, 0.6) is 0 Å². The first-order valence-corrected chi connectivity index (χ1v) is 10.9. The molecule has 0 aliphatic heterocycles. The fourth-order valence-corrected chi connectivity index (χ4v) is 4.00. The standard InChI is InChI=1S/C23H27N3O3S/c1-5-25(6-2)12-13-29-22(28)20-15-26-21(27)17(4)19(24-23(26)30-20)11-10-18-9-7-8-16(3)14-18/h7-11,14-15H,5-6,12-13H2,1-4H3. The number of aromatic nitrogens is 2. The summed E-state index contributed by atoms with van der Waals surface area (Å²) in [4.78, 5) is 32.8. The Morgan fingerprint density at radius 3 is 2.70 bits per heavy atom. The van der Waals surface area contributed by atoms with Crippen LogP contribution in [0, 0.1) is 13.8 Å². The summed E-state index contributed by atoms with van der Waals surface area (Å²) in [6, 6.07) is 8.09. The van der Waals surface area contributed by atoms with Crippen LogP contribution in [0.4, 0.5) is 0 Å². The molecule has 2 heterocycles. The van der Waals surface area contributed by atoms with Crippen molar-refractivity contribution in [2.75, 3.05) is 26.2 Å². The van der Waals surface area contributed by atoms with Crippen molar-refractivity contribution in [2.45, 2.75) is 27.7 Å². The Morgan fingerprint density at radius 1 is 1.23 bits per heavy atom. The largest absolute Gasteiger partial charge is 0.460 e. The van der Waals surface area contributed by atoms with Gasteiger partial charge in [-0.05, 0) is 38.6 Å². The second-order valence-electron chi connectivity index (χ2n) is 7.09. The van der Waals surface area contributed by atoms with Crippen LogP contribution in [-0.2, 0) is 4.74 Å². The molecule has 0 fully saturated rings. The normalized spacial score (nSPS) is 11.6. The number of likely N-dealkylation sites (N-methyl/N-ethyl adjacent to an activating group) is 1. The van der Waals surface area contributed by atoms with Crippen LogP contribution in [0.3, 0.4) is 0 Å². The van der Waals surface area contributed by atoms with Gasteiger partial charge >= 0.3 is 5.97 Å². The van der Waals surface area contributed by atoms with Gasteiger partial charge in [-0.25, -0.2) is 9.78 Å². The maximum Gasteiger partial charge on any atom is 0.350 e. The lowest BCUT2D eigenvalue weighted by Crippen LogP contribution is -2.27. The van der Waals surface area contributed by atoms with Gasteiger partial charge in [0.15, 0.2) is 4.96 Å². The highest BCUT2D eigenvalue weighted by atomic mass is 32.1. The SMILES string of the molecule is CCN(CC)CCOC(=O)c1cn2c(=O)c(C)c(C=Cc3cccc(C)c3)nc2s1. The summed E-state index contributed by atoms with van der Waals surface area (Å²) >= 11 is 1.17. The molecule has 2 aromatic heterocycles. The highest BCUT2D eigenvalue weighted by Gasteiger charge is 2.16. The average Bonchev–Trinajstić information content (AvgIpc) is 3.17. The van der Waals surface area contributed by atoms with E-state index >= 15 is 0 Å². The Balaban J connectivity index is 1.81. The van der Waals surface area contributed by atoms with Crippen molar-refractivity contribution in [1.82, 2.24) is 14.3 Å². The van der Waals surface area contributed by atoms with E-state index in [1.54, 1.807) is 6.92 Å². The number of fused-ring (bicyclic) bond motifs is 1. The van der Waals surface area contributed by atoms with Gasteiger partial charge in [0.05, 0.1) is 5.69 Å². The summed E-state index contributed by atoms with van der Waals surface area (Å²) in [7, 11) is 0. The number of esters is 1. The number of rotatable bonds is 8. The van der Waals surface area contributed by atoms with E-state index in [4.69, 9.17) is 4.74 Å². The first kappa shape index (κ1) is 21.9. The van der Waals surface area contributed by atoms with Crippen LogP contribution >= 0.6 is 11.3 Å². The molecule has 30 heavy (non-hydrogen) atoms. The first-order chi connectivity index (χ1) is 14.4. The minimum Gasteiger partial charge on any atom is -0.460 e. The van der Waals surface area contributed by atoms with Gasteiger partial charge in [0, 0.05) is 18.3 Å². The van der Waals surface area contributed by atoms with Crippen molar-refractivity contribution in [1.29, 1.82) is 0 Å². The molecule has 3 aromatic rings. The minimum absolute atomic E-state index is 0.178. The number of carbonyl (C=O) groups excluding carboxylic acids is 1. The quantitative estimate of drug-likeness (QED) is 0.510. The van der Waals surface area contributed by atoms with Crippen molar-refractivity contribution in [3.8, 4) is 0 Å². The van der Waals surface area contributed by atoms with E-state index in [-0.39, 0.29) is 5.56 Å². The third kappa shape index (κ3) is 5.04. The Morgan fingerprint density at radius 2 is 2.00 bits per heavy atom. The molecule has 1 aromatic carbocycles. The lowest BCUT2D eigenvalue weighted by atomic mass is 10.1. The number of carbonyl (C=O) groups is 1. The molecule has 0 bridgehead atoms. The van der Waals surface area contributed by atoms with Gasteiger partial charge in [-0.3, -0.25) is 9.20 Å². The van der Waals surface area contributed by atoms with Crippen molar-refractivity contribution < 1.29 is 9.53 Å². The highest BCUT2D eigenvalue weighted by Crippen LogP contribution is 2.18. The molecule has 158 valence electrons. The molecule has 0 spiro atoms. The van der Waals surface area contributed by atoms with E-state index in [1.165, 1.54) is 27.5 Å². The summed E-state index contributed by atoms with van der Waals surface area (Å²) < 4.78 is 6.80. The van der Waals surface area contributed by atoms with E-state index in [1.807, 2.05) is 37.3 Å². The van der Waals surface area contributed by atoms with Crippen LogP contribution in [-0.4, -0.2) is 46.5 Å². The van der Waals surface area contributed by atoms with Crippen LogP contribution in [0.15, 0.2) is 35.3 Å². The van der Waals surface area contributed by atoms with Crippen LogP contribution < -0.4 is 5.56 Å². The summed E-state index contributed by atoms with van der Waals surface area (Å²) in [5, 5.41) is 0. The van der Waals surface area contributed by atoms with Crippen LogP contribution in [0.1, 0.15) is 45.9 Å². The molecule has 0 saturated carbocycles. The summed E-state index contributed by atoms with van der Waals surface area (Å²) in [5.74, 6) is -0.424. The highest BCUT2D eigenvalue weighted by molar-refractivity contribution is 7.18. The number of hydrogen-bond acceptors (Lipinski definition) is 6. The first-order valence-electron chi connectivity index (χ1n) is 10.1. The molecule has 0 saturated heterocycles. The lowest BCUT2D eigenvalue weighted by Gasteiger charge is -2.17. The smallest absolute Gasteiger partial charge is 0.350 e. The third-order valence-electron chi connectivity index (χ3n) is 5.01. The maximum absolute atomic E-state index is 12.8. The Hall–Kier alpha value is -2.77. The van der Waals surface area contributed by atoms with E-state index in [0.29, 0.717) is 34.2 Å². The minimum atomic E-state index is -0.424. The van der Waals surface area contributed by atoms with Gasteiger partial charge in [-0.2, -0.15) is 0 Å². The Labute approximate surface area is 180 Å². The zero-order valence-electron chi connectivity index (χ0n) is 17.8. The summed E-state index contributed by atoms with van der Waals surface area (Å²) in [6.07, 6.45) is 5.30. The summed E-state index contributed by atoms with van der Waals surface area (Å²) in [6.45, 7) is 10.8. The van der Waals surface area contributed by atoms with Crippen LogP contribution in [0.2, 0.25) is 0 Å².